The zero-order valence-electron chi connectivity index (χ0n) is 14.7. The fraction of sp³-hybridized carbons (Fsp3) is 0.222. The quantitative estimate of drug-likeness (QED) is 0.467. The molecule has 134 valence electrons. The van der Waals surface area contributed by atoms with Crippen LogP contribution < -0.4 is 9.47 Å². The van der Waals surface area contributed by atoms with Gasteiger partial charge in [-0.3, -0.25) is 4.79 Å². The smallest absolute Gasteiger partial charge is 0.214 e. The minimum atomic E-state index is 0.555. The van der Waals surface area contributed by atoms with E-state index >= 15 is 0 Å². The zero-order valence-corrected chi connectivity index (χ0v) is 15.5. The summed E-state index contributed by atoms with van der Waals surface area (Å²) in [6.07, 6.45) is 0.815. The van der Waals surface area contributed by atoms with Gasteiger partial charge in [-0.15, -0.1) is 5.10 Å². The van der Waals surface area contributed by atoms with Crippen molar-refractivity contribution in [3.8, 4) is 17.2 Å². The van der Waals surface area contributed by atoms with E-state index in [1.165, 1.54) is 11.8 Å². The number of aldehydes is 1. The highest BCUT2D eigenvalue weighted by atomic mass is 32.2. The van der Waals surface area contributed by atoms with Crippen molar-refractivity contribution in [3.05, 3.63) is 53.1 Å². The number of benzene rings is 2. The van der Waals surface area contributed by atoms with Gasteiger partial charge in [-0.25, -0.2) is 0 Å². The summed E-state index contributed by atoms with van der Waals surface area (Å²) in [5.74, 6) is 1.96. The van der Waals surface area contributed by atoms with E-state index in [2.05, 4.69) is 15.5 Å². The Balaban J connectivity index is 1.89. The predicted octanol–water partition coefficient (Wildman–Crippen LogP) is 3.09. The van der Waals surface area contributed by atoms with Crippen LogP contribution in [-0.4, -0.2) is 40.7 Å². The first kappa shape index (κ1) is 17.9. The van der Waals surface area contributed by atoms with E-state index in [1.807, 2.05) is 25.1 Å². The molecule has 0 amide bonds. The van der Waals surface area contributed by atoms with Crippen molar-refractivity contribution in [1.29, 1.82) is 0 Å². The first-order valence-electron chi connectivity index (χ1n) is 7.84. The molecule has 2 aromatic carbocycles. The number of thioether (sulfide) groups is 1. The van der Waals surface area contributed by atoms with Gasteiger partial charge in [-0.1, -0.05) is 17.8 Å². The third-order valence-electron chi connectivity index (χ3n) is 3.80. The number of methoxy groups -OCH3 is 2. The van der Waals surface area contributed by atoms with Gasteiger partial charge in [-0.05, 0) is 53.2 Å². The van der Waals surface area contributed by atoms with Crippen molar-refractivity contribution in [3.63, 3.8) is 0 Å². The lowest BCUT2D eigenvalue weighted by atomic mass is 10.1. The SMILES string of the molecule is COc1ccc(C=O)cc1CSc1nnnn1-c1cc(C)ccc1OC. The Kier molecular flexibility index (Phi) is 5.52. The summed E-state index contributed by atoms with van der Waals surface area (Å²) in [6, 6.07) is 11.1. The van der Waals surface area contributed by atoms with E-state index in [4.69, 9.17) is 9.47 Å². The molecule has 0 aliphatic carbocycles. The van der Waals surface area contributed by atoms with Crippen LogP contribution in [-0.2, 0) is 5.75 Å². The van der Waals surface area contributed by atoms with Gasteiger partial charge in [0.05, 0.1) is 14.2 Å². The van der Waals surface area contributed by atoms with Gasteiger partial charge in [0.1, 0.15) is 23.5 Å². The number of carbonyl (C=O) groups is 1. The van der Waals surface area contributed by atoms with E-state index in [1.54, 1.807) is 37.1 Å². The molecule has 0 unspecified atom stereocenters. The minimum absolute atomic E-state index is 0.555. The van der Waals surface area contributed by atoms with Gasteiger partial charge in [0, 0.05) is 16.9 Å². The largest absolute Gasteiger partial charge is 0.496 e. The van der Waals surface area contributed by atoms with Gasteiger partial charge >= 0.3 is 0 Å². The number of nitrogens with zero attached hydrogens (tertiary/aromatic N) is 4. The van der Waals surface area contributed by atoms with Crippen molar-refractivity contribution >= 4 is 18.0 Å². The van der Waals surface area contributed by atoms with Gasteiger partial charge < -0.3 is 9.47 Å². The number of rotatable bonds is 7. The standard InChI is InChI=1S/C18H18N4O3S/c1-12-4-6-17(25-3)15(8-12)22-18(19-20-21-22)26-11-14-9-13(10-23)5-7-16(14)24-2/h4-10H,11H2,1-3H3. The summed E-state index contributed by atoms with van der Waals surface area (Å²) in [6.45, 7) is 2.00. The first-order chi connectivity index (χ1) is 12.7. The average Bonchev–Trinajstić information content (AvgIpc) is 3.14. The lowest BCUT2D eigenvalue weighted by Gasteiger charge is -2.11. The fourth-order valence-electron chi connectivity index (χ4n) is 2.51. The first-order valence-corrected chi connectivity index (χ1v) is 8.83. The van der Waals surface area contributed by atoms with Crippen LogP contribution in [0.1, 0.15) is 21.5 Å². The summed E-state index contributed by atoms with van der Waals surface area (Å²) < 4.78 is 12.4. The molecule has 0 N–H and O–H groups in total. The third-order valence-corrected chi connectivity index (χ3v) is 4.77. The number of carbonyl (C=O) groups excluding carboxylic acids is 1. The lowest BCUT2D eigenvalue weighted by Crippen LogP contribution is -2.03. The molecule has 3 aromatic rings. The molecule has 26 heavy (non-hydrogen) atoms. The Morgan fingerprint density at radius 1 is 1.12 bits per heavy atom. The molecule has 0 atom stereocenters. The normalized spacial score (nSPS) is 10.6. The van der Waals surface area contributed by atoms with Gasteiger partial charge in [-0.2, -0.15) is 4.68 Å². The Hall–Kier alpha value is -2.87. The molecular weight excluding hydrogens is 352 g/mol. The average molecular weight is 370 g/mol. The Morgan fingerprint density at radius 2 is 1.88 bits per heavy atom. The topological polar surface area (TPSA) is 79.1 Å². The fourth-order valence-corrected chi connectivity index (χ4v) is 3.37. The molecule has 7 nitrogen and oxygen atoms in total. The molecule has 0 saturated carbocycles. The second-order valence-corrected chi connectivity index (χ2v) is 6.47. The predicted molar refractivity (Wildman–Crippen MR) is 98.4 cm³/mol. The van der Waals surface area contributed by atoms with Crippen LogP contribution in [0.5, 0.6) is 11.5 Å². The van der Waals surface area contributed by atoms with Crippen LogP contribution in [0.2, 0.25) is 0 Å². The molecule has 8 heteroatoms. The molecule has 0 aliphatic heterocycles. The molecular formula is C18H18N4O3S. The third kappa shape index (κ3) is 3.70. The van der Waals surface area contributed by atoms with E-state index in [9.17, 15) is 4.79 Å². The second kappa shape index (κ2) is 8.01. The van der Waals surface area contributed by atoms with Crippen molar-refractivity contribution in [1.82, 2.24) is 20.2 Å². The summed E-state index contributed by atoms with van der Waals surface area (Å²) >= 11 is 1.45. The highest BCUT2D eigenvalue weighted by Crippen LogP contribution is 2.30. The molecule has 0 fully saturated rings. The van der Waals surface area contributed by atoms with E-state index in [0.29, 0.717) is 22.2 Å². The summed E-state index contributed by atoms with van der Waals surface area (Å²) in [4.78, 5) is 11.0. The monoisotopic (exact) mass is 370 g/mol. The summed E-state index contributed by atoms with van der Waals surface area (Å²) in [5, 5.41) is 12.6. The molecule has 0 saturated heterocycles. The van der Waals surface area contributed by atoms with Crippen LogP contribution in [0, 0.1) is 6.92 Å². The molecule has 1 aromatic heterocycles. The van der Waals surface area contributed by atoms with Crippen LogP contribution in [0.25, 0.3) is 5.69 Å². The maximum absolute atomic E-state index is 11.0. The Bertz CT molecular complexity index is 927. The van der Waals surface area contributed by atoms with Crippen LogP contribution in [0.3, 0.4) is 0 Å². The number of ether oxygens (including phenoxy) is 2. The lowest BCUT2D eigenvalue weighted by molar-refractivity contribution is 0.112. The van der Waals surface area contributed by atoms with Crippen LogP contribution in [0.4, 0.5) is 0 Å². The van der Waals surface area contributed by atoms with E-state index < -0.39 is 0 Å². The minimum Gasteiger partial charge on any atom is -0.496 e. The number of hydrogen-bond donors (Lipinski definition) is 0. The zero-order chi connectivity index (χ0) is 18.5. The Morgan fingerprint density at radius 3 is 2.62 bits per heavy atom. The second-order valence-electron chi connectivity index (χ2n) is 5.53. The van der Waals surface area contributed by atoms with Gasteiger partial charge in [0.15, 0.2) is 0 Å². The highest BCUT2D eigenvalue weighted by Gasteiger charge is 2.15. The van der Waals surface area contributed by atoms with Crippen molar-refractivity contribution in [2.45, 2.75) is 17.8 Å². The molecule has 0 aliphatic rings. The summed E-state index contributed by atoms with van der Waals surface area (Å²) in [5.41, 5.74) is 3.34. The van der Waals surface area contributed by atoms with Gasteiger partial charge in [0.25, 0.3) is 0 Å². The molecule has 0 radical (unpaired) electrons. The van der Waals surface area contributed by atoms with Crippen molar-refractivity contribution in [2.75, 3.05) is 14.2 Å². The molecule has 0 spiro atoms. The number of aryl methyl sites for hydroxylation is 1. The van der Waals surface area contributed by atoms with Crippen molar-refractivity contribution < 1.29 is 14.3 Å². The van der Waals surface area contributed by atoms with Gasteiger partial charge in [0.2, 0.25) is 5.16 Å². The number of hydrogen-bond acceptors (Lipinski definition) is 7. The molecule has 1 heterocycles. The highest BCUT2D eigenvalue weighted by molar-refractivity contribution is 7.98. The van der Waals surface area contributed by atoms with Crippen molar-refractivity contribution in [2.24, 2.45) is 0 Å². The molecule has 3 rings (SSSR count). The van der Waals surface area contributed by atoms with E-state index in [0.717, 1.165) is 28.8 Å². The van der Waals surface area contributed by atoms with Crippen LogP contribution in [0.15, 0.2) is 41.6 Å². The van der Waals surface area contributed by atoms with Crippen LogP contribution >= 0.6 is 11.8 Å². The number of tetrazole rings is 1. The van der Waals surface area contributed by atoms with E-state index in [-0.39, 0.29) is 0 Å². The maximum Gasteiger partial charge on any atom is 0.214 e. The molecule has 0 bridgehead atoms. The summed E-state index contributed by atoms with van der Waals surface area (Å²) in [7, 11) is 3.22. The Labute approximate surface area is 155 Å². The number of aromatic nitrogens is 4. The maximum atomic E-state index is 11.0.